The van der Waals surface area contributed by atoms with Gasteiger partial charge in [0.05, 0.1) is 0 Å². The third kappa shape index (κ3) is 4.08. The molecule has 9 aromatic rings. The summed E-state index contributed by atoms with van der Waals surface area (Å²) in [6, 6.07) is 45.5. The molecular formula is C38H22N4OSe. The van der Waals surface area contributed by atoms with E-state index in [0.717, 1.165) is 38.7 Å². The third-order valence-corrected chi connectivity index (χ3v) is 10.3. The normalized spacial score (nSPS) is 11.6. The Morgan fingerprint density at radius 2 is 1.02 bits per heavy atom. The first kappa shape index (κ1) is 25.1. The minimum absolute atomic E-state index is 0.0844. The SMILES string of the molecule is c1ccc(-c2nc(-c3ccccc3)nc(-c3cc4[se]c5ccc6oc(-c7ccccc7)nc6c5c4c4ccccc34)n2)cc1. The van der Waals surface area contributed by atoms with Crippen molar-refractivity contribution in [3.8, 4) is 45.6 Å². The Labute approximate surface area is 258 Å². The number of aromatic nitrogens is 4. The molecule has 0 aliphatic carbocycles. The van der Waals surface area contributed by atoms with Crippen LogP contribution in [-0.2, 0) is 0 Å². The van der Waals surface area contributed by atoms with Gasteiger partial charge in [-0.15, -0.1) is 0 Å². The average molecular weight is 630 g/mol. The number of nitrogens with zero attached hydrogens (tertiary/aromatic N) is 4. The molecular weight excluding hydrogens is 607 g/mol. The van der Waals surface area contributed by atoms with Crippen LogP contribution in [0.25, 0.3) is 86.8 Å². The number of benzene rings is 6. The summed E-state index contributed by atoms with van der Waals surface area (Å²) in [5.74, 6) is 2.63. The van der Waals surface area contributed by atoms with Gasteiger partial charge < -0.3 is 0 Å². The minimum atomic E-state index is 0.0844. The fraction of sp³-hybridized carbons (Fsp3) is 0. The summed E-state index contributed by atoms with van der Waals surface area (Å²) in [6.45, 7) is 0. The van der Waals surface area contributed by atoms with Crippen molar-refractivity contribution < 1.29 is 4.42 Å². The van der Waals surface area contributed by atoms with Crippen LogP contribution in [0.15, 0.2) is 138 Å². The second-order valence-corrected chi connectivity index (χ2v) is 12.9. The summed E-state index contributed by atoms with van der Waals surface area (Å²) in [7, 11) is 0. The van der Waals surface area contributed by atoms with Gasteiger partial charge in [0.2, 0.25) is 0 Å². The molecule has 0 fully saturated rings. The maximum atomic E-state index is 6.28. The van der Waals surface area contributed by atoms with E-state index in [9.17, 15) is 0 Å². The Morgan fingerprint density at radius 3 is 1.68 bits per heavy atom. The number of rotatable bonds is 4. The van der Waals surface area contributed by atoms with Crippen molar-refractivity contribution in [3.05, 3.63) is 133 Å². The summed E-state index contributed by atoms with van der Waals surface area (Å²) in [5, 5.41) is 4.68. The van der Waals surface area contributed by atoms with Gasteiger partial charge in [-0.2, -0.15) is 0 Å². The molecule has 0 saturated heterocycles. The Hall–Kier alpha value is -5.42. The van der Waals surface area contributed by atoms with Gasteiger partial charge in [-0.05, 0) is 0 Å². The Balaban J connectivity index is 1.33. The van der Waals surface area contributed by atoms with Gasteiger partial charge in [0.1, 0.15) is 0 Å². The van der Waals surface area contributed by atoms with Crippen LogP contribution in [0.3, 0.4) is 0 Å². The Kier molecular flexibility index (Phi) is 5.76. The zero-order valence-corrected chi connectivity index (χ0v) is 25.0. The van der Waals surface area contributed by atoms with E-state index in [1.54, 1.807) is 0 Å². The standard InChI is InChI=1S/C38H22N4OSe/c1-4-12-23(13-5-1)35-40-36(24-14-6-2-7-15-24)42-37(41-35)28-22-31-32(27-19-11-10-18-26(27)28)33-30(44-31)21-20-29-34(33)39-38(43-29)25-16-8-3-9-17-25/h1-22H. The molecule has 3 heterocycles. The van der Waals surface area contributed by atoms with Crippen molar-refractivity contribution >= 4 is 55.7 Å². The molecule has 9 rings (SSSR count). The van der Waals surface area contributed by atoms with Crippen LogP contribution >= 0.6 is 0 Å². The maximum absolute atomic E-state index is 6.28. The van der Waals surface area contributed by atoms with Crippen LogP contribution in [0.1, 0.15) is 0 Å². The predicted octanol–water partition coefficient (Wildman–Crippen LogP) is 9.20. The number of fused-ring (bicyclic) bond motifs is 7. The molecule has 0 saturated carbocycles. The molecule has 6 heteroatoms. The van der Waals surface area contributed by atoms with E-state index >= 15 is 0 Å². The van der Waals surface area contributed by atoms with E-state index in [4.69, 9.17) is 24.4 Å². The molecule has 44 heavy (non-hydrogen) atoms. The van der Waals surface area contributed by atoms with Crippen LogP contribution < -0.4 is 0 Å². The zero-order valence-electron chi connectivity index (χ0n) is 23.3. The van der Waals surface area contributed by atoms with Crippen molar-refractivity contribution in [1.29, 1.82) is 0 Å². The topological polar surface area (TPSA) is 64.7 Å². The first-order valence-electron chi connectivity index (χ1n) is 14.4. The number of hydrogen-bond donors (Lipinski definition) is 0. The fourth-order valence-electron chi connectivity index (χ4n) is 5.93. The monoisotopic (exact) mass is 630 g/mol. The van der Waals surface area contributed by atoms with Crippen LogP contribution in [0, 0.1) is 0 Å². The predicted molar refractivity (Wildman–Crippen MR) is 179 cm³/mol. The van der Waals surface area contributed by atoms with Crippen molar-refractivity contribution in [2.45, 2.75) is 0 Å². The van der Waals surface area contributed by atoms with Gasteiger partial charge in [-0.1, -0.05) is 0 Å². The fourth-order valence-corrected chi connectivity index (χ4v) is 8.37. The van der Waals surface area contributed by atoms with Crippen LogP contribution in [0.2, 0.25) is 0 Å². The molecule has 5 nitrogen and oxygen atoms in total. The molecule has 0 radical (unpaired) electrons. The van der Waals surface area contributed by atoms with E-state index in [1.807, 2.05) is 91.0 Å². The van der Waals surface area contributed by atoms with Crippen LogP contribution in [-0.4, -0.2) is 34.4 Å². The van der Waals surface area contributed by atoms with Gasteiger partial charge in [-0.3, -0.25) is 0 Å². The molecule has 0 amide bonds. The summed E-state index contributed by atoms with van der Waals surface area (Å²) < 4.78 is 8.88. The van der Waals surface area contributed by atoms with Crippen molar-refractivity contribution in [2.75, 3.05) is 0 Å². The molecule has 206 valence electrons. The van der Waals surface area contributed by atoms with Gasteiger partial charge in [0, 0.05) is 0 Å². The van der Waals surface area contributed by atoms with Crippen molar-refractivity contribution in [1.82, 2.24) is 19.9 Å². The molecule has 0 bridgehead atoms. The Morgan fingerprint density at radius 1 is 0.455 bits per heavy atom. The molecule has 0 aliphatic rings. The molecule has 6 aromatic carbocycles. The quantitative estimate of drug-likeness (QED) is 0.182. The van der Waals surface area contributed by atoms with Gasteiger partial charge in [-0.25, -0.2) is 0 Å². The number of oxazole rings is 1. The second-order valence-electron chi connectivity index (χ2n) is 10.7. The first-order valence-corrected chi connectivity index (χ1v) is 16.1. The van der Waals surface area contributed by atoms with E-state index in [-0.39, 0.29) is 14.5 Å². The van der Waals surface area contributed by atoms with Crippen LogP contribution in [0.4, 0.5) is 0 Å². The van der Waals surface area contributed by atoms with E-state index in [0.29, 0.717) is 23.4 Å². The zero-order chi connectivity index (χ0) is 29.0. The first-order chi connectivity index (χ1) is 21.8. The molecule has 3 aromatic heterocycles. The third-order valence-electron chi connectivity index (χ3n) is 7.96. The number of hydrogen-bond acceptors (Lipinski definition) is 5. The van der Waals surface area contributed by atoms with E-state index in [2.05, 4.69) is 42.5 Å². The van der Waals surface area contributed by atoms with Gasteiger partial charge in [0.25, 0.3) is 0 Å². The Bertz CT molecular complexity index is 2430. The van der Waals surface area contributed by atoms with Crippen molar-refractivity contribution in [3.63, 3.8) is 0 Å². The second kappa shape index (κ2) is 10.1. The summed E-state index contributed by atoms with van der Waals surface area (Å²) in [5.41, 5.74) is 5.61. The molecule has 0 aliphatic heterocycles. The van der Waals surface area contributed by atoms with Gasteiger partial charge in [0.15, 0.2) is 0 Å². The molecule has 0 atom stereocenters. The van der Waals surface area contributed by atoms with Crippen LogP contribution in [0.5, 0.6) is 0 Å². The van der Waals surface area contributed by atoms with Crippen molar-refractivity contribution in [2.24, 2.45) is 0 Å². The summed E-state index contributed by atoms with van der Waals surface area (Å²) in [6.07, 6.45) is 0. The molecule has 0 spiro atoms. The average Bonchev–Trinajstić information content (AvgIpc) is 3.71. The van der Waals surface area contributed by atoms with Gasteiger partial charge >= 0.3 is 259 Å². The van der Waals surface area contributed by atoms with E-state index < -0.39 is 0 Å². The molecule has 0 N–H and O–H groups in total. The summed E-state index contributed by atoms with van der Waals surface area (Å²) in [4.78, 5) is 20.1. The van der Waals surface area contributed by atoms with E-state index in [1.165, 1.54) is 24.7 Å². The summed E-state index contributed by atoms with van der Waals surface area (Å²) >= 11 is 0.0844. The molecule has 0 unspecified atom stereocenters.